The van der Waals surface area contributed by atoms with Crippen LogP contribution in [-0.4, -0.2) is 23.3 Å². The van der Waals surface area contributed by atoms with Gasteiger partial charge in [0.2, 0.25) is 5.91 Å². The number of hydrogen-bond acceptors (Lipinski definition) is 4. The molecule has 7 heteroatoms. The Bertz CT molecular complexity index is 817. The first kappa shape index (κ1) is 16.6. The van der Waals surface area contributed by atoms with Gasteiger partial charge in [0.15, 0.2) is 0 Å². The Labute approximate surface area is 144 Å². The molecule has 1 fully saturated rings. The number of carbonyl (C=O) groups is 2. The van der Waals surface area contributed by atoms with Gasteiger partial charge < -0.3 is 10.2 Å². The third kappa shape index (κ3) is 3.82. The fourth-order valence-corrected chi connectivity index (χ4v) is 2.77. The molecule has 2 aromatic rings. The molecule has 0 aliphatic carbocycles. The predicted octanol–water partition coefficient (Wildman–Crippen LogP) is 3.36. The number of piperidine rings is 1. The molecule has 0 saturated carbocycles. The van der Waals surface area contributed by atoms with E-state index in [-0.39, 0.29) is 17.5 Å². The van der Waals surface area contributed by atoms with Crippen LogP contribution in [0.15, 0.2) is 48.5 Å². The summed E-state index contributed by atoms with van der Waals surface area (Å²) in [7, 11) is 0. The zero-order valence-electron chi connectivity index (χ0n) is 13.5. The number of anilines is 2. The molecule has 0 atom stereocenters. The third-order valence-electron chi connectivity index (χ3n) is 4.08. The van der Waals surface area contributed by atoms with Crippen molar-refractivity contribution in [1.82, 2.24) is 0 Å². The van der Waals surface area contributed by atoms with E-state index in [1.54, 1.807) is 35.2 Å². The molecular weight excluding hydrogens is 322 g/mol. The number of rotatable bonds is 4. The molecule has 1 aliphatic rings. The van der Waals surface area contributed by atoms with E-state index in [0.29, 0.717) is 24.2 Å². The smallest absolute Gasteiger partial charge is 0.271 e. The summed E-state index contributed by atoms with van der Waals surface area (Å²) in [5.74, 6) is -0.267. The van der Waals surface area contributed by atoms with Gasteiger partial charge in [0.1, 0.15) is 0 Å². The van der Waals surface area contributed by atoms with Gasteiger partial charge in [-0.3, -0.25) is 19.7 Å². The Morgan fingerprint density at radius 1 is 1.12 bits per heavy atom. The number of amides is 2. The van der Waals surface area contributed by atoms with Crippen molar-refractivity contribution >= 4 is 28.9 Å². The molecule has 2 aromatic carbocycles. The van der Waals surface area contributed by atoms with Gasteiger partial charge in [-0.05, 0) is 43.2 Å². The Balaban J connectivity index is 1.71. The fraction of sp³-hybridized carbons (Fsp3) is 0.222. The van der Waals surface area contributed by atoms with Crippen molar-refractivity contribution in [3.63, 3.8) is 0 Å². The van der Waals surface area contributed by atoms with E-state index in [2.05, 4.69) is 5.32 Å². The van der Waals surface area contributed by atoms with Crippen molar-refractivity contribution in [2.45, 2.75) is 19.3 Å². The van der Waals surface area contributed by atoms with Crippen LogP contribution in [0.2, 0.25) is 0 Å². The van der Waals surface area contributed by atoms with E-state index in [1.165, 1.54) is 18.2 Å². The van der Waals surface area contributed by atoms with Crippen molar-refractivity contribution in [3.05, 3.63) is 64.2 Å². The van der Waals surface area contributed by atoms with Crippen molar-refractivity contribution in [1.29, 1.82) is 0 Å². The van der Waals surface area contributed by atoms with E-state index in [0.717, 1.165) is 18.5 Å². The van der Waals surface area contributed by atoms with Crippen LogP contribution in [0.1, 0.15) is 29.6 Å². The first-order chi connectivity index (χ1) is 12.0. The molecule has 0 spiro atoms. The summed E-state index contributed by atoms with van der Waals surface area (Å²) in [5, 5.41) is 13.4. The first-order valence-electron chi connectivity index (χ1n) is 8.01. The summed E-state index contributed by atoms with van der Waals surface area (Å²) in [6, 6.07) is 12.5. The second-order valence-corrected chi connectivity index (χ2v) is 5.81. The van der Waals surface area contributed by atoms with E-state index in [4.69, 9.17) is 0 Å². The molecule has 0 aromatic heterocycles. The van der Waals surface area contributed by atoms with Crippen LogP contribution in [0.5, 0.6) is 0 Å². The molecule has 128 valence electrons. The number of nitrogens with zero attached hydrogens (tertiary/aromatic N) is 2. The highest BCUT2D eigenvalue weighted by molar-refractivity contribution is 6.05. The van der Waals surface area contributed by atoms with E-state index >= 15 is 0 Å². The number of non-ortho nitro benzene ring substituents is 1. The Kier molecular flexibility index (Phi) is 4.74. The summed E-state index contributed by atoms with van der Waals surface area (Å²) in [6.45, 7) is 0.693. The van der Waals surface area contributed by atoms with Crippen LogP contribution < -0.4 is 10.2 Å². The maximum Gasteiger partial charge on any atom is 0.271 e. The number of benzene rings is 2. The van der Waals surface area contributed by atoms with E-state index < -0.39 is 4.92 Å². The van der Waals surface area contributed by atoms with Crippen LogP contribution in [0.3, 0.4) is 0 Å². The van der Waals surface area contributed by atoms with Gasteiger partial charge >= 0.3 is 0 Å². The lowest BCUT2D eigenvalue weighted by Gasteiger charge is -2.26. The maximum atomic E-state index is 12.3. The molecule has 1 saturated heterocycles. The topological polar surface area (TPSA) is 92.5 Å². The second-order valence-electron chi connectivity index (χ2n) is 5.81. The fourth-order valence-electron chi connectivity index (χ4n) is 2.77. The Hall–Kier alpha value is -3.22. The minimum atomic E-state index is -0.514. The van der Waals surface area contributed by atoms with Crippen LogP contribution in [0.4, 0.5) is 17.1 Å². The molecule has 25 heavy (non-hydrogen) atoms. The lowest BCUT2D eigenvalue weighted by Crippen LogP contribution is -2.35. The Morgan fingerprint density at radius 3 is 2.56 bits per heavy atom. The zero-order chi connectivity index (χ0) is 17.8. The highest BCUT2D eigenvalue weighted by atomic mass is 16.6. The molecular formula is C18H17N3O4. The standard InChI is InChI=1S/C18H17N3O4/c22-17-6-1-2-11-20(17)15-9-7-13(8-10-15)18(23)19-14-4-3-5-16(12-14)21(24)25/h3-5,7-10,12H,1-2,6,11H2,(H,19,23). The number of carbonyl (C=O) groups excluding carboxylic acids is 2. The summed E-state index contributed by atoms with van der Waals surface area (Å²) >= 11 is 0. The first-order valence-corrected chi connectivity index (χ1v) is 8.01. The van der Waals surface area contributed by atoms with Gasteiger partial charge in [-0.25, -0.2) is 0 Å². The summed E-state index contributed by atoms with van der Waals surface area (Å²) in [4.78, 5) is 36.2. The van der Waals surface area contributed by atoms with Gasteiger partial charge in [-0.15, -0.1) is 0 Å². The van der Waals surface area contributed by atoms with Gasteiger partial charge in [0.05, 0.1) is 4.92 Å². The number of hydrogen-bond donors (Lipinski definition) is 1. The van der Waals surface area contributed by atoms with E-state index in [9.17, 15) is 19.7 Å². The predicted molar refractivity (Wildman–Crippen MR) is 93.7 cm³/mol. The quantitative estimate of drug-likeness (QED) is 0.683. The molecule has 1 heterocycles. The minimum absolute atomic E-state index is 0.0863. The summed E-state index contributed by atoms with van der Waals surface area (Å²) in [6.07, 6.45) is 2.44. The monoisotopic (exact) mass is 339 g/mol. The lowest BCUT2D eigenvalue weighted by molar-refractivity contribution is -0.384. The normalized spacial score (nSPS) is 14.2. The van der Waals surface area contributed by atoms with Crippen LogP contribution in [0.25, 0.3) is 0 Å². The molecule has 1 aliphatic heterocycles. The molecule has 1 N–H and O–H groups in total. The molecule has 0 unspecified atom stereocenters. The highest BCUT2D eigenvalue weighted by Gasteiger charge is 2.19. The van der Waals surface area contributed by atoms with Gasteiger partial charge in [-0.1, -0.05) is 6.07 Å². The molecule has 7 nitrogen and oxygen atoms in total. The van der Waals surface area contributed by atoms with Crippen LogP contribution in [0, 0.1) is 10.1 Å². The lowest BCUT2D eigenvalue weighted by atomic mass is 10.1. The highest BCUT2D eigenvalue weighted by Crippen LogP contribution is 2.22. The number of nitrogens with one attached hydrogen (secondary N) is 1. The van der Waals surface area contributed by atoms with Gasteiger partial charge in [0, 0.05) is 42.0 Å². The minimum Gasteiger partial charge on any atom is -0.322 e. The Morgan fingerprint density at radius 2 is 1.88 bits per heavy atom. The van der Waals surface area contributed by atoms with Crippen molar-refractivity contribution in [3.8, 4) is 0 Å². The van der Waals surface area contributed by atoms with Crippen molar-refractivity contribution in [2.24, 2.45) is 0 Å². The summed E-state index contributed by atoms with van der Waals surface area (Å²) < 4.78 is 0. The van der Waals surface area contributed by atoms with E-state index in [1.807, 2.05) is 0 Å². The second kappa shape index (κ2) is 7.12. The molecule has 2 amide bonds. The maximum absolute atomic E-state index is 12.3. The van der Waals surface area contributed by atoms with Crippen LogP contribution in [-0.2, 0) is 4.79 Å². The number of nitro groups is 1. The SMILES string of the molecule is O=C(Nc1cccc([N+](=O)[O-])c1)c1ccc(N2CCCCC2=O)cc1. The van der Waals surface area contributed by atoms with Crippen molar-refractivity contribution in [2.75, 3.05) is 16.8 Å². The molecule has 0 bridgehead atoms. The zero-order valence-corrected chi connectivity index (χ0v) is 13.5. The van der Waals surface area contributed by atoms with Gasteiger partial charge in [0.25, 0.3) is 11.6 Å². The summed E-state index contributed by atoms with van der Waals surface area (Å²) in [5.41, 5.74) is 1.46. The van der Waals surface area contributed by atoms with Crippen LogP contribution >= 0.6 is 0 Å². The average molecular weight is 339 g/mol. The average Bonchev–Trinajstić information content (AvgIpc) is 2.62. The van der Waals surface area contributed by atoms with Gasteiger partial charge in [-0.2, -0.15) is 0 Å². The molecule has 0 radical (unpaired) electrons. The largest absolute Gasteiger partial charge is 0.322 e. The van der Waals surface area contributed by atoms with Crippen molar-refractivity contribution < 1.29 is 14.5 Å². The molecule has 3 rings (SSSR count). The third-order valence-corrected chi connectivity index (χ3v) is 4.08. The number of nitro benzene ring substituents is 1.